The van der Waals surface area contributed by atoms with Gasteiger partial charge in [-0.1, -0.05) is 24.6 Å². The highest BCUT2D eigenvalue weighted by Gasteiger charge is 2.21. The SMILES string of the molecule is CC1CCc2cc(Cl)ccc2/C1=C/C(=O)O. The molecule has 2 nitrogen and oxygen atoms in total. The van der Waals surface area contributed by atoms with Crippen LogP contribution < -0.4 is 0 Å². The standard InChI is InChI=1S/C13H13ClO2/c1-8-2-3-9-6-10(14)4-5-11(9)12(8)7-13(15)16/h4-8H,2-3H2,1H3,(H,15,16)/b12-7+. The third kappa shape index (κ3) is 2.12. The first kappa shape index (κ1) is 11.2. The van der Waals surface area contributed by atoms with Crippen LogP contribution in [0.4, 0.5) is 0 Å². The summed E-state index contributed by atoms with van der Waals surface area (Å²) >= 11 is 5.93. The van der Waals surface area contributed by atoms with E-state index in [0.717, 1.165) is 29.5 Å². The molecule has 0 aliphatic heterocycles. The molecule has 0 spiro atoms. The van der Waals surface area contributed by atoms with E-state index in [0.29, 0.717) is 10.9 Å². The Labute approximate surface area is 99.5 Å². The molecule has 2 rings (SSSR count). The first-order chi connectivity index (χ1) is 7.58. The number of carboxylic acids is 1. The summed E-state index contributed by atoms with van der Waals surface area (Å²) in [5.41, 5.74) is 3.09. The van der Waals surface area contributed by atoms with E-state index >= 15 is 0 Å². The zero-order valence-electron chi connectivity index (χ0n) is 9.03. The molecule has 1 unspecified atom stereocenters. The average molecular weight is 237 g/mol. The van der Waals surface area contributed by atoms with E-state index in [1.807, 2.05) is 18.2 Å². The minimum Gasteiger partial charge on any atom is -0.478 e. The van der Waals surface area contributed by atoms with Gasteiger partial charge in [-0.25, -0.2) is 4.79 Å². The van der Waals surface area contributed by atoms with Crippen LogP contribution in [0.1, 0.15) is 24.5 Å². The Kier molecular flexibility index (Phi) is 3.01. The van der Waals surface area contributed by atoms with Crippen LogP contribution in [0.15, 0.2) is 24.3 Å². The van der Waals surface area contributed by atoms with Crippen molar-refractivity contribution in [1.29, 1.82) is 0 Å². The zero-order valence-corrected chi connectivity index (χ0v) is 9.79. The minimum absolute atomic E-state index is 0.296. The summed E-state index contributed by atoms with van der Waals surface area (Å²) in [6.07, 6.45) is 3.26. The topological polar surface area (TPSA) is 37.3 Å². The Hall–Kier alpha value is -1.28. The highest BCUT2D eigenvalue weighted by atomic mass is 35.5. The van der Waals surface area contributed by atoms with E-state index in [4.69, 9.17) is 16.7 Å². The number of rotatable bonds is 1. The van der Waals surface area contributed by atoms with Crippen molar-refractivity contribution < 1.29 is 9.90 Å². The molecule has 0 radical (unpaired) electrons. The molecule has 0 fully saturated rings. The third-order valence-corrected chi connectivity index (χ3v) is 3.27. The maximum absolute atomic E-state index is 10.8. The van der Waals surface area contributed by atoms with E-state index in [9.17, 15) is 4.79 Å². The number of hydrogen-bond donors (Lipinski definition) is 1. The van der Waals surface area contributed by atoms with Gasteiger partial charge in [0.2, 0.25) is 0 Å². The van der Waals surface area contributed by atoms with Crippen LogP contribution in [0.5, 0.6) is 0 Å². The predicted molar refractivity (Wildman–Crippen MR) is 64.5 cm³/mol. The van der Waals surface area contributed by atoms with Crippen molar-refractivity contribution in [3.8, 4) is 0 Å². The van der Waals surface area contributed by atoms with Gasteiger partial charge in [-0.15, -0.1) is 0 Å². The fourth-order valence-electron chi connectivity index (χ4n) is 2.20. The fraction of sp³-hybridized carbons (Fsp3) is 0.308. The Balaban J connectivity index is 2.52. The second-order valence-corrected chi connectivity index (χ2v) is 4.62. The molecule has 1 atom stereocenters. The van der Waals surface area contributed by atoms with Crippen molar-refractivity contribution in [3.05, 3.63) is 40.4 Å². The molecule has 0 heterocycles. The van der Waals surface area contributed by atoms with Crippen LogP contribution in [0, 0.1) is 5.92 Å². The maximum atomic E-state index is 10.8. The molecular formula is C13H13ClO2. The van der Waals surface area contributed by atoms with Crippen molar-refractivity contribution in [2.24, 2.45) is 5.92 Å². The molecule has 1 aliphatic rings. The zero-order chi connectivity index (χ0) is 11.7. The quantitative estimate of drug-likeness (QED) is 0.759. The molecule has 0 aromatic heterocycles. The van der Waals surface area contributed by atoms with Crippen LogP contribution in [0.25, 0.3) is 5.57 Å². The predicted octanol–water partition coefficient (Wildman–Crippen LogP) is 3.39. The molecule has 1 N–H and O–H groups in total. The van der Waals surface area contributed by atoms with Gasteiger partial charge in [0.05, 0.1) is 0 Å². The fourth-order valence-corrected chi connectivity index (χ4v) is 2.39. The first-order valence-electron chi connectivity index (χ1n) is 5.31. The van der Waals surface area contributed by atoms with Crippen LogP contribution in [0.2, 0.25) is 5.02 Å². The number of benzene rings is 1. The Bertz CT molecular complexity index is 463. The van der Waals surface area contributed by atoms with Gasteiger partial charge in [0.15, 0.2) is 0 Å². The average Bonchev–Trinajstić information content (AvgIpc) is 2.22. The Morgan fingerprint density at radius 3 is 3.00 bits per heavy atom. The smallest absolute Gasteiger partial charge is 0.328 e. The lowest BCUT2D eigenvalue weighted by Crippen LogP contribution is -2.11. The van der Waals surface area contributed by atoms with Crippen molar-refractivity contribution in [3.63, 3.8) is 0 Å². The van der Waals surface area contributed by atoms with Gasteiger partial charge in [-0.05, 0) is 47.6 Å². The van der Waals surface area contributed by atoms with Crippen LogP contribution >= 0.6 is 11.6 Å². The van der Waals surface area contributed by atoms with Gasteiger partial charge >= 0.3 is 5.97 Å². The lowest BCUT2D eigenvalue weighted by atomic mass is 9.80. The number of carboxylic acid groups (broad SMARTS) is 1. The second kappa shape index (κ2) is 4.30. The van der Waals surface area contributed by atoms with E-state index in [-0.39, 0.29) is 0 Å². The van der Waals surface area contributed by atoms with E-state index in [1.165, 1.54) is 6.08 Å². The maximum Gasteiger partial charge on any atom is 0.328 e. The molecule has 0 amide bonds. The number of allylic oxidation sites excluding steroid dienone is 1. The second-order valence-electron chi connectivity index (χ2n) is 4.18. The number of aliphatic carboxylic acids is 1. The number of fused-ring (bicyclic) bond motifs is 1. The summed E-state index contributed by atoms with van der Waals surface area (Å²) in [5.74, 6) is -0.588. The number of halogens is 1. The minimum atomic E-state index is -0.885. The third-order valence-electron chi connectivity index (χ3n) is 3.03. The largest absolute Gasteiger partial charge is 0.478 e. The number of aryl methyl sites for hydroxylation is 1. The van der Waals surface area contributed by atoms with E-state index < -0.39 is 5.97 Å². The van der Waals surface area contributed by atoms with Crippen molar-refractivity contribution in [1.82, 2.24) is 0 Å². The van der Waals surface area contributed by atoms with Gasteiger partial charge in [-0.2, -0.15) is 0 Å². The summed E-state index contributed by atoms with van der Waals surface area (Å²) in [4.78, 5) is 10.8. The summed E-state index contributed by atoms with van der Waals surface area (Å²) in [7, 11) is 0. The molecule has 84 valence electrons. The molecule has 0 bridgehead atoms. The summed E-state index contributed by atoms with van der Waals surface area (Å²) in [6.45, 7) is 2.06. The summed E-state index contributed by atoms with van der Waals surface area (Å²) in [5, 5.41) is 9.57. The van der Waals surface area contributed by atoms with E-state index in [2.05, 4.69) is 6.92 Å². The van der Waals surface area contributed by atoms with E-state index in [1.54, 1.807) is 0 Å². The van der Waals surface area contributed by atoms with Gasteiger partial charge in [0.1, 0.15) is 0 Å². The summed E-state index contributed by atoms with van der Waals surface area (Å²) in [6, 6.07) is 5.66. The van der Waals surface area contributed by atoms with Gasteiger partial charge in [-0.3, -0.25) is 0 Å². The van der Waals surface area contributed by atoms with Crippen LogP contribution in [0.3, 0.4) is 0 Å². The molecular weight excluding hydrogens is 224 g/mol. The first-order valence-corrected chi connectivity index (χ1v) is 5.69. The monoisotopic (exact) mass is 236 g/mol. The van der Waals surface area contributed by atoms with Gasteiger partial charge in [0.25, 0.3) is 0 Å². The molecule has 3 heteroatoms. The van der Waals surface area contributed by atoms with Gasteiger partial charge < -0.3 is 5.11 Å². The van der Waals surface area contributed by atoms with Crippen LogP contribution in [-0.4, -0.2) is 11.1 Å². The molecule has 0 saturated heterocycles. The van der Waals surface area contributed by atoms with Crippen molar-refractivity contribution in [2.75, 3.05) is 0 Å². The Morgan fingerprint density at radius 1 is 1.56 bits per heavy atom. The molecule has 1 aliphatic carbocycles. The number of hydrogen-bond acceptors (Lipinski definition) is 1. The number of carbonyl (C=O) groups is 1. The lowest BCUT2D eigenvalue weighted by molar-refractivity contribution is -0.131. The molecule has 16 heavy (non-hydrogen) atoms. The molecule has 1 aromatic carbocycles. The normalized spacial score (nSPS) is 21.9. The highest BCUT2D eigenvalue weighted by molar-refractivity contribution is 6.30. The van der Waals surface area contributed by atoms with Crippen LogP contribution in [-0.2, 0) is 11.2 Å². The summed E-state index contributed by atoms with van der Waals surface area (Å²) < 4.78 is 0. The van der Waals surface area contributed by atoms with Crippen molar-refractivity contribution in [2.45, 2.75) is 19.8 Å². The molecule has 0 saturated carbocycles. The van der Waals surface area contributed by atoms with Gasteiger partial charge in [0, 0.05) is 11.1 Å². The highest BCUT2D eigenvalue weighted by Crippen LogP contribution is 2.36. The van der Waals surface area contributed by atoms with Crippen molar-refractivity contribution >= 4 is 23.1 Å². The molecule has 1 aromatic rings. The Morgan fingerprint density at radius 2 is 2.31 bits per heavy atom. The lowest BCUT2D eigenvalue weighted by Gasteiger charge is -2.24.